The van der Waals surface area contributed by atoms with E-state index < -0.39 is 5.97 Å². The summed E-state index contributed by atoms with van der Waals surface area (Å²) in [4.78, 5) is 13.0. The Hall–Kier alpha value is -1.25. The molecule has 3 heteroatoms. The number of aliphatic carboxylic acids is 1. The van der Waals surface area contributed by atoms with Crippen molar-refractivity contribution in [2.24, 2.45) is 5.92 Å². The van der Waals surface area contributed by atoms with Crippen LogP contribution in [0.1, 0.15) is 33.1 Å². The number of rotatable bonds is 5. The molecule has 1 aliphatic heterocycles. The van der Waals surface area contributed by atoms with Gasteiger partial charge in [0.05, 0.1) is 0 Å². The van der Waals surface area contributed by atoms with Crippen molar-refractivity contribution in [1.82, 2.24) is 4.90 Å². The van der Waals surface area contributed by atoms with Crippen molar-refractivity contribution < 1.29 is 9.90 Å². The van der Waals surface area contributed by atoms with Gasteiger partial charge in [0.15, 0.2) is 0 Å². The lowest BCUT2D eigenvalue weighted by molar-refractivity contribution is -0.131. The molecule has 1 atom stereocenters. The van der Waals surface area contributed by atoms with Crippen LogP contribution >= 0.6 is 0 Å². The van der Waals surface area contributed by atoms with E-state index in [-0.39, 0.29) is 0 Å². The quantitative estimate of drug-likeness (QED) is 0.575. The smallest absolute Gasteiger partial charge is 0.330 e. The molecule has 1 saturated heterocycles. The highest BCUT2D eigenvalue weighted by atomic mass is 16.4. The highest BCUT2D eigenvalue weighted by Crippen LogP contribution is 2.21. The number of carbonyl (C=O) groups is 1. The van der Waals surface area contributed by atoms with E-state index in [1.165, 1.54) is 18.9 Å². The molecule has 0 aromatic heterocycles. The molecule has 90 valence electrons. The van der Waals surface area contributed by atoms with Gasteiger partial charge in [-0.2, -0.15) is 0 Å². The number of hydrogen-bond acceptors (Lipinski definition) is 2. The summed E-state index contributed by atoms with van der Waals surface area (Å²) in [6.07, 6.45) is 8.67. The Morgan fingerprint density at radius 2 is 2.06 bits per heavy atom. The lowest BCUT2D eigenvalue weighted by Crippen LogP contribution is -2.21. The van der Waals surface area contributed by atoms with Gasteiger partial charge in [0.2, 0.25) is 0 Å². The summed E-state index contributed by atoms with van der Waals surface area (Å²) in [5, 5.41) is 8.87. The van der Waals surface area contributed by atoms with Gasteiger partial charge in [0.1, 0.15) is 0 Å². The largest absolute Gasteiger partial charge is 0.478 e. The van der Waals surface area contributed by atoms with Crippen molar-refractivity contribution in [3.63, 3.8) is 0 Å². The van der Waals surface area contributed by atoms with Gasteiger partial charge in [0, 0.05) is 24.9 Å². The summed E-state index contributed by atoms with van der Waals surface area (Å²) in [5.74, 6) is -0.439. The average molecular weight is 223 g/mol. The van der Waals surface area contributed by atoms with Crippen LogP contribution in [0.2, 0.25) is 0 Å². The Labute approximate surface area is 97.4 Å². The standard InChI is InChI=1S/C13H21NO2/c1-3-6-11(2)9-12(10-13(15)16)14-7-4-5-8-14/h3,6,10-11H,4-5,7-9H2,1-2H3,(H,15,16)/b6-3+,12-10+/t11-/m1/s1. The molecule has 16 heavy (non-hydrogen) atoms. The van der Waals surface area contributed by atoms with Gasteiger partial charge in [-0.25, -0.2) is 4.79 Å². The van der Waals surface area contributed by atoms with E-state index in [9.17, 15) is 4.79 Å². The van der Waals surface area contributed by atoms with Crippen molar-refractivity contribution in [2.75, 3.05) is 13.1 Å². The van der Waals surface area contributed by atoms with Crippen molar-refractivity contribution >= 4 is 5.97 Å². The van der Waals surface area contributed by atoms with E-state index in [1.54, 1.807) is 0 Å². The van der Waals surface area contributed by atoms with E-state index in [0.29, 0.717) is 5.92 Å². The van der Waals surface area contributed by atoms with E-state index >= 15 is 0 Å². The monoisotopic (exact) mass is 223 g/mol. The molecule has 0 radical (unpaired) electrons. The maximum atomic E-state index is 10.8. The molecular formula is C13H21NO2. The molecule has 0 aliphatic carbocycles. The van der Waals surface area contributed by atoms with Crippen molar-refractivity contribution in [3.05, 3.63) is 23.9 Å². The first kappa shape index (κ1) is 12.8. The van der Waals surface area contributed by atoms with Gasteiger partial charge in [-0.05, 0) is 32.1 Å². The molecule has 1 N–H and O–H groups in total. The normalized spacial score (nSPS) is 19.4. The Kier molecular flexibility index (Phi) is 5.09. The molecular weight excluding hydrogens is 202 g/mol. The predicted octanol–water partition coefficient (Wildman–Crippen LogP) is 2.65. The summed E-state index contributed by atoms with van der Waals surface area (Å²) in [7, 11) is 0. The summed E-state index contributed by atoms with van der Waals surface area (Å²) in [6, 6.07) is 0. The van der Waals surface area contributed by atoms with E-state index in [1.807, 2.05) is 13.0 Å². The Bertz CT molecular complexity index is 288. The van der Waals surface area contributed by atoms with Crippen molar-refractivity contribution in [2.45, 2.75) is 33.1 Å². The molecule has 0 aromatic carbocycles. The van der Waals surface area contributed by atoms with Crippen LogP contribution < -0.4 is 0 Å². The number of hydrogen-bond donors (Lipinski definition) is 1. The first-order valence-corrected chi connectivity index (χ1v) is 5.94. The van der Waals surface area contributed by atoms with Crippen LogP contribution in [-0.4, -0.2) is 29.1 Å². The lowest BCUT2D eigenvalue weighted by atomic mass is 10.0. The fourth-order valence-corrected chi connectivity index (χ4v) is 2.15. The van der Waals surface area contributed by atoms with Gasteiger partial charge in [-0.3, -0.25) is 0 Å². The molecule has 0 aromatic rings. The summed E-state index contributed by atoms with van der Waals surface area (Å²) >= 11 is 0. The first-order chi connectivity index (χ1) is 7.63. The van der Waals surface area contributed by atoms with Gasteiger partial charge in [0.25, 0.3) is 0 Å². The molecule has 0 unspecified atom stereocenters. The van der Waals surface area contributed by atoms with Crippen LogP contribution in [0, 0.1) is 5.92 Å². The number of likely N-dealkylation sites (tertiary alicyclic amines) is 1. The van der Waals surface area contributed by atoms with Crippen LogP contribution in [0.15, 0.2) is 23.9 Å². The minimum absolute atomic E-state index is 0.399. The zero-order chi connectivity index (χ0) is 12.0. The molecule has 1 aliphatic rings. The van der Waals surface area contributed by atoms with Crippen molar-refractivity contribution in [3.8, 4) is 0 Å². The van der Waals surface area contributed by atoms with E-state index in [0.717, 1.165) is 25.2 Å². The second kappa shape index (κ2) is 6.36. The van der Waals surface area contributed by atoms with Crippen LogP contribution in [-0.2, 0) is 4.79 Å². The maximum absolute atomic E-state index is 10.8. The lowest BCUT2D eigenvalue weighted by Gasteiger charge is -2.22. The number of nitrogens with zero attached hydrogens (tertiary/aromatic N) is 1. The number of allylic oxidation sites excluding steroid dienone is 3. The molecule has 1 fully saturated rings. The summed E-state index contributed by atoms with van der Waals surface area (Å²) < 4.78 is 0. The Morgan fingerprint density at radius 3 is 2.56 bits per heavy atom. The van der Waals surface area contributed by atoms with E-state index in [2.05, 4.69) is 17.9 Å². The Balaban J connectivity index is 2.67. The highest BCUT2D eigenvalue weighted by Gasteiger charge is 2.17. The molecule has 1 heterocycles. The average Bonchev–Trinajstić information content (AvgIpc) is 2.68. The second-order valence-electron chi connectivity index (χ2n) is 4.38. The predicted molar refractivity (Wildman–Crippen MR) is 65.1 cm³/mol. The number of carboxylic acid groups (broad SMARTS) is 1. The Morgan fingerprint density at radius 1 is 1.44 bits per heavy atom. The fraction of sp³-hybridized carbons (Fsp3) is 0.615. The second-order valence-corrected chi connectivity index (χ2v) is 4.38. The van der Waals surface area contributed by atoms with Gasteiger partial charge >= 0.3 is 5.97 Å². The third-order valence-electron chi connectivity index (χ3n) is 2.85. The summed E-state index contributed by atoms with van der Waals surface area (Å²) in [5.41, 5.74) is 0.968. The van der Waals surface area contributed by atoms with Crippen LogP contribution in [0.4, 0.5) is 0 Å². The molecule has 0 amide bonds. The van der Waals surface area contributed by atoms with Crippen LogP contribution in [0.5, 0.6) is 0 Å². The van der Waals surface area contributed by atoms with Gasteiger partial charge in [-0.15, -0.1) is 0 Å². The minimum atomic E-state index is -0.838. The molecule has 0 bridgehead atoms. The molecule has 1 rings (SSSR count). The molecule has 3 nitrogen and oxygen atoms in total. The minimum Gasteiger partial charge on any atom is -0.478 e. The maximum Gasteiger partial charge on any atom is 0.330 e. The number of carboxylic acids is 1. The summed E-state index contributed by atoms with van der Waals surface area (Å²) in [6.45, 7) is 6.11. The van der Waals surface area contributed by atoms with Gasteiger partial charge in [-0.1, -0.05) is 19.1 Å². The first-order valence-electron chi connectivity index (χ1n) is 5.94. The zero-order valence-electron chi connectivity index (χ0n) is 10.1. The molecule has 0 saturated carbocycles. The van der Waals surface area contributed by atoms with Crippen LogP contribution in [0.25, 0.3) is 0 Å². The van der Waals surface area contributed by atoms with Crippen molar-refractivity contribution in [1.29, 1.82) is 0 Å². The van der Waals surface area contributed by atoms with E-state index in [4.69, 9.17) is 5.11 Å². The van der Waals surface area contributed by atoms with Gasteiger partial charge < -0.3 is 10.0 Å². The zero-order valence-corrected chi connectivity index (χ0v) is 10.1. The van der Waals surface area contributed by atoms with Crippen LogP contribution in [0.3, 0.4) is 0 Å². The topological polar surface area (TPSA) is 40.5 Å². The highest BCUT2D eigenvalue weighted by molar-refractivity contribution is 5.80. The SMILES string of the molecule is C/C=C/[C@@H](C)C/C(=C\C(=O)O)N1CCCC1. The third kappa shape index (κ3) is 4.09. The third-order valence-corrected chi connectivity index (χ3v) is 2.85. The fourth-order valence-electron chi connectivity index (χ4n) is 2.15. The molecule has 0 spiro atoms.